The van der Waals surface area contributed by atoms with Crippen LogP contribution in [0.2, 0.25) is 0 Å². The van der Waals surface area contributed by atoms with Gasteiger partial charge < -0.3 is 35.2 Å². The lowest BCUT2D eigenvalue weighted by Gasteiger charge is -2.32. The van der Waals surface area contributed by atoms with Gasteiger partial charge in [-0.1, -0.05) is 34.1 Å². The van der Waals surface area contributed by atoms with Crippen LogP contribution in [0.1, 0.15) is 34.3 Å². The topological polar surface area (TPSA) is 146 Å². The summed E-state index contributed by atoms with van der Waals surface area (Å²) < 4.78 is 26.6. The van der Waals surface area contributed by atoms with E-state index in [0.29, 0.717) is 62.7 Å². The first-order valence-electron chi connectivity index (χ1n) is 22.4. The summed E-state index contributed by atoms with van der Waals surface area (Å²) in [5, 5.41) is 10.1. The Kier molecular flexibility index (Phi) is 15.6. The van der Waals surface area contributed by atoms with Crippen LogP contribution in [0, 0.1) is 18.7 Å². The molecule has 2 aliphatic rings. The number of ether oxygens (including phenoxy) is 2. The number of pyridine rings is 1. The van der Waals surface area contributed by atoms with Crippen molar-refractivity contribution >= 4 is 61.6 Å². The van der Waals surface area contributed by atoms with Gasteiger partial charge in [-0.25, -0.2) is 24.3 Å². The van der Waals surface area contributed by atoms with Crippen LogP contribution in [-0.4, -0.2) is 113 Å². The van der Waals surface area contributed by atoms with Crippen LogP contribution in [-0.2, 0) is 6.54 Å². The second-order valence-electron chi connectivity index (χ2n) is 16.9. The predicted molar refractivity (Wildman–Crippen MR) is 266 cm³/mol. The minimum atomic E-state index is -0.374. The molecular weight excluding hydrogens is 914 g/mol. The molecule has 2 saturated heterocycles. The number of amides is 1. The number of anilines is 5. The summed E-state index contributed by atoms with van der Waals surface area (Å²) in [5.74, 6) is 2.25. The van der Waals surface area contributed by atoms with E-state index in [2.05, 4.69) is 85.6 Å². The van der Waals surface area contributed by atoms with E-state index in [9.17, 15) is 9.18 Å². The van der Waals surface area contributed by atoms with Gasteiger partial charge in [-0.2, -0.15) is 0 Å². The van der Waals surface area contributed by atoms with Crippen molar-refractivity contribution in [1.82, 2.24) is 39.6 Å². The number of aromatic nitrogens is 5. The highest BCUT2D eigenvalue weighted by molar-refractivity contribution is 9.10. The van der Waals surface area contributed by atoms with Gasteiger partial charge in [-0.3, -0.25) is 14.7 Å². The number of nitrogens with zero attached hydrogens (tertiary/aromatic N) is 8. The normalized spacial score (nSPS) is 14.8. The maximum Gasteiger partial charge on any atom is 0.255 e. The van der Waals surface area contributed by atoms with Gasteiger partial charge in [0.1, 0.15) is 18.0 Å². The highest BCUT2D eigenvalue weighted by Crippen LogP contribution is 2.36. The molecule has 2 fully saturated rings. The molecule has 0 spiro atoms. The lowest BCUT2D eigenvalue weighted by molar-refractivity contribution is 0.102. The molecule has 0 bridgehead atoms. The molecule has 5 heterocycles. The van der Waals surface area contributed by atoms with Gasteiger partial charge >= 0.3 is 0 Å². The summed E-state index contributed by atoms with van der Waals surface area (Å²) in [6.07, 6.45) is 8.92. The van der Waals surface area contributed by atoms with Gasteiger partial charge in [0.25, 0.3) is 5.91 Å². The van der Waals surface area contributed by atoms with Gasteiger partial charge in [0.15, 0.2) is 11.5 Å². The van der Waals surface area contributed by atoms with Gasteiger partial charge in [0, 0.05) is 89.7 Å². The number of carbonyl (C=O) groups excluding carboxylic acids is 1. The second-order valence-corrected chi connectivity index (χ2v) is 17.9. The highest BCUT2D eigenvalue weighted by Gasteiger charge is 2.20. The van der Waals surface area contributed by atoms with E-state index in [-0.39, 0.29) is 11.7 Å². The number of methoxy groups -OCH3 is 1. The minimum Gasteiger partial charge on any atom is -0.493 e. The third-order valence-corrected chi connectivity index (χ3v) is 12.5. The van der Waals surface area contributed by atoms with Crippen LogP contribution in [0.4, 0.5) is 33.2 Å². The molecule has 3 aromatic heterocycles. The molecule has 3 N–H and O–H groups in total. The summed E-state index contributed by atoms with van der Waals surface area (Å²) in [7, 11) is 5.91. The number of hydrogen-bond donors (Lipinski definition) is 3. The van der Waals surface area contributed by atoms with Crippen LogP contribution >= 0.6 is 15.9 Å². The Balaban J connectivity index is 0.000000186. The molecule has 2 aliphatic heterocycles. The fourth-order valence-corrected chi connectivity index (χ4v) is 8.20. The Morgan fingerprint density at radius 2 is 1.61 bits per heavy atom. The van der Waals surface area contributed by atoms with E-state index in [1.165, 1.54) is 18.0 Å². The molecule has 0 aliphatic carbocycles. The van der Waals surface area contributed by atoms with E-state index in [1.807, 2.05) is 79.7 Å². The molecule has 346 valence electrons. The van der Waals surface area contributed by atoms with Crippen LogP contribution in [0.3, 0.4) is 0 Å². The maximum atomic E-state index is 14.3. The number of rotatable bonds is 13. The average molecular weight is 969 g/mol. The SMILES string of the molecule is COc1cc2c(Nc3ccc(Br)cc3F)ncnc2cc1OCC1CCN(C)CC1.Cc1ccc(NC(=O)c2ccc(CN3CCN(C)CC3)cc2)cc1Nc1nccc(-c2cccnc2)n1. The summed E-state index contributed by atoms with van der Waals surface area (Å²) >= 11 is 3.27. The zero-order valence-electron chi connectivity index (χ0n) is 38.2. The first-order chi connectivity index (χ1) is 32.6. The van der Waals surface area contributed by atoms with Crippen molar-refractivity contribution < 1.29 is 18.7 Å². The quantitative estimate of drug-likeness (QED) is 0.101. The van der Waals surface area contributed by atoms with Crippen LogP contribution in [0.25, 0.3) is 22.2 Å². The number of nitrogens with one attached hydrogen (secondary N) is 3. The molecule has 14 nitrogen and oxygen atoms in total. The molecule has 16 heteroatoms. The van der Waals surface area contributed by atoms with Crippen molar-refractivity contribution in [2.45, 2.75) is 26.3 Å². The molecule has 4 aromatic carbocycles. The number of halogens is 2. The molecule has 0 radical (unpaired) electrons. The molecule has 1 amide bonds. The number of piperidine rings is 1. The first kappa shape index (κ1) is 46.9. The number of hydrogen-bond acceptors (Lipinski definition) is 13. The van der Waals surface area contributed by atoms with Gasteiger partial charge in [0.2, 0.25) is 5.95 Å². The molecule has 0 atom stereocenters. The Hall–Kier alpha value is -6.59. The summed E-state index contributed by atoms with van der Waals surface area (Å²) in [6.45, 7) is 10.1. The average Bonchev–Trinajstić information content (AvgIpc) is 3.34. The molecule has 7 aromatic rings. The lowest BCUT2D eigenvalue weighted by atomic mass is 9.98. The molecule has 0 unspecified atom stereocenters. The Labute approximate surface area is 399 Å². The largest absolute Gasteiger partial charge is 0.493 e. The number of benzene rings is 4. The number of carbonyl (C=O) groups is 1. The number of likely N-dealkylation sites (N-methyl/N-ethyl adjacent to an activating group) is 1. The van der Waals surface area contributed by atoms with Crippen molar-refractivity contribution in [3.8, 4) is 22.8 Å². The molecular formula is C51H55BrFN11O3. The van der Waals surface area contributed by atoms with E-state index in [0.717, 1.165) is 86.5 Å². The highest BCUT2D eigenvalue weighted by atomic mass is 79.9. The summed E-state index contributed by atoms with van der Waals surface area (Å²) in [5.41, 5.74) is 7.11. The third kappa shape index (κ3) is 12.7. The number of fused-ring (bicyclic) bond motifs is 1. The standard InChI is InChI=1S/C29H31N7O.C22H24BrFN4O2/c1-21-5-10-25(18-27(21)34-29-31-13-11-26(33-29)24-4-3-12-30-19-24)32-28(37)23-8-6-22(7-9-23)20-36-16-14-35(2)15-17-36;1-28-7-5-14(6-8-28)12-30-21-11-19-16(10-20(21)29-2)22(26-13-25-19)27-18-4-3-15(23)9-17(18)24/h3-13,18-19H,14-17,20H2,1-2H3,(H,32,37)(H,31,33,34);3-4,9-11,13-14H,5-8,12H2,1-2H3,(H,25,26,27). The smallest absolute Gasteiger partial charge is 0.255 e. The monoisotopic (exact) mass is 967 g/mol. The van der Waals surface area contributed by atoms with Crippen molar-refractivity contribution in [3.63, 3.8) is 0 Å². The minimum absolute atomic E-state index is 0.143. The number of aryl methyl sites for hydroxylation is 1. The molecule has 0 saturated carbocycles. The predicted octanol–water partition coefficient (Wildman–Crippen LogP) is 9.59. The van der Waals surface area contributed by atoms with Crippen LogP contribution < -0.4 is 25.4 Å². The van der Waals surface area contributed by atoms with E-state index >= 15 is 0 Å². The van der Waals surface area contributed by atoms with Crippen molar-refractivity contribution in [1.29, 1.82) is 0 Å². The van der Waals surface area contributed by atoms with E-state index in [1.54, 1.807) is 37.8 Å². The molecule has 9 rings (SSSR count). The summed E-state index contributed by atoms with van der Waals surface area (Å²) in [6, 6.07) is 27.8. The van der Waals surface area contributed by atoms with Crippen LogP contribution in [0.5, 0.6) is 11.5 Å². The molecule has 67 heavy (non-hydrogen) atoms. The third-order valence-electron chi connectivity index (χ3n) is 12.0. The van der Waals surface area contributed by atoms with E-state index in [4.69, 9.17) is 9.47 Å². The summed E-state index contributed by atoms with van der Waals surface area (Å²) in [4.78, 5) is 41.9. The fraction of sp³-hybridized carbons (Fsp3) is 0.294. The first-order valence-corrected chi connectivity index (χ1v) is 23.1. The zero-order chi connectivity index (χ0) is 46.7. The van der Waals surface area contributed by atoms with Crippen molar-refractivity contribution in [2.24, 2.45) is 5.92 Å². The zero-order valence-corrected chi connectivity index (χ0v) is 39.8. The lowest BCUT2D eigenvalue weighted by Crippen LogP contribution is -2.43. The Morgan fingerprint density at radius 1 is 0.821 bits per heavy atom. The Morgan fingerprint density at radius 3 is 2.36 bits per heavy atom. The van der Waals surface area contributed by atoms with Crippen LogP contribution in [0.15, 0.2) is 120 Å². The number of likely N-dealkylation sites (tertiary alicyclic amines) is 1. The maximum absolute atomic E-state index is 14.3. The Bertz CT molecular complexity index is 2770. The van der Waals surface area contributed by atoms with Crippen molar-refractivity contribution in [2.75, 3.05) is 83.0 Å². The fourth-order valence-electron chi connectivity index (χ4n) is 7.87. The van der Waals surface area contributed by atoms with Gasteiger partial charge in [-0.05, 0) is 131 Å². The van der Waals surface area contributed by atoms with E-state index < -0.39 is 0 Å². The van der Waals surface area contributed by atoms with Gasteiger partial charge in [-0.15, -0.1) is 0 Å². The second kappa shape index (κ2) is 22.3. The number of piperazine rings is 1. The van der Waals surface area contributed by atoms with Crippen molar-refractivity contribution in [3.05, 3.63) is 143 Å². The van der Waals surface area contributed by atoms with Gasteiger partial charge in [0.05, 0.1) is 30.6 Å².